The number of nitrogens with two attached hydrogens (primary N) is 2. The standard InChI is InChI=1S/C14H16N2Te2/c1-9-3-4-12(8-14(9)16)18-17-11-5-6-13(15)10(2)7-11/h3-8H,15-16H2,1-2H3. The number of rotatable bonds is 3. The Labute approximate surface area is 124 Å². The molecule has 0 amide bonds. The van der Waals surface area contributed by atoms with Gasteiger partial charge in [0.2, 0.25) is 0 Å². The zero-order chi connectivity index (χ0) is 13.1. The average Bonchev–Trinajstić information content (AvgIpc) is 2.35. The predicted molar refractivity (Wildman–Crippen MR) is 82.0 cm³/mol. The third kappa shape index (κ3) is 3.56. The molecule has 2 aromatic carbocycles. The first-order valence-corrected chi connectivity index (χ1v) is 15.3. The first-order chi connectivity index (χ1) is 8.56. The van der Waals surface area contributed by atoms with E-state index in [0.29, 0.717) is 0 Å². The molecule has 0 atom stereocenters. The average molecular weight is 467 g/mol. The summed E-state index contributed by atoms with van der Waals surface area (Å²) in [5.41, 5.74) is 16.0. The van der Waals surface area contributed by atoms with Crippen LogP contribution in [0.4, 0.5) is 11.4 Å². The summed E-state index contributed by atoms with van der Waals surface area (Å²) in [5.74, 6) is 0. The molecule has 0 saturated heterocycles. The van der Waals surface area contributed by atoms with Crippen LogP contribution in [0.1, 0.15) is 11.1 Å². The van der Waals surface area contributed by atoms with E-state index in [1.54, 1.807) is 0 Å². The number of hydrogen-bond donors (Lipinski definition) is 2. The summed E-state index contributed by atoms with van der Waals surface area (Å²) >= 11 is -0.156. The number of anilines is 2. The predicted octanol–water partition coefficient (Wildman–Crippen LogP) is 0.742. The molecule has 0 heterocycles. The van der Waals surface area contributed by atoms with E-state index in [4.69, 9.17) is 11.5 Å². The Bertz CT molecular complexity index is 516. The molecule has 0 unspecified atom stereocenters. The van der Waals surface area contributed by atoms with Crippen molar-refractivity contribution in [3.8, 4) is 0 Å². The van der Waals surface area contributed by atoms with E-state index < -0.39 is 0 Å². The van der Waals surface area contributed by atoms with Gasteiger partial charge in [0, 0.05) is 0 Å². The Balaban J connectivity index is 2.06. The van der Waals surface area contributed by atoms with Gasteiger partial charge in [-0.25, -0.2) is 0 Å². The van der Waals surface area contributed by atoms with Crippen LogP contribution >= 0.6 is 0 Å². The maximum atomic E-state index is 5.95. The summed E-state index contributed by atoms with van der Waals surface area (Å²) in [7, 11) is 0. The number of benzene rings is 2. The van der Waals surface area contributed by atoms with Crippen molar-refractivity contribution < 1.29 is 0 Å². The van der Waals surface area contributed by atoms with Crippen LogP contribution < -0.4 is 18.7 Å². The molecular formula is C14H16N2Te2. The zero-order valence-electron chi connectivity index (χ0n) is 10.4. The molecule has 0 aliphatic rings. The van der Waals surface area contributed by atoms with E-state index in [2.05, 4.69) is 44.2 Å². The molecule has 94 valence electrons. The van der Waals surface area contributed by atoms with Crippen LogP contribution in [0.5, 0.6) is 0 Å². The normalized spacial score (nSPS) is 10.6. The summed E-state index contributed by atoms with van der Waals surface area (Å²) in [4.78, 5) is 0. The van der Waals surface area contributed by atoms with Gasteiger partial charge in [-0.05, 0) is 0 Å². The van der Waals surface area contributed by atoms with Gasteiger partial charge >= 0.3 is 126 Å². The Hall–Kier alpha value is -0.381. The van der Waals surface area contributed by atoms with Crippen LogP contribution in [0.3, 0.4) is 0 Å². The summed E-state index contributed by atoms with van der Waals surface area (Å²) < 4.78 is 2.98. The molecule has 4 heteroatoms. The van der Waals surface area contributed by atoms with Crippen molar-refractivity contribution in [2.24, 2.45) is 0 Å². The number of aryl methyl sites for hydroxylation is 2. The minimum absolute atomic E-state index is 0.0730. The van der Waals surface area contributed by atoms with Crippen LogP contribution in [0.25, 0.3) is 0 Å². The molecule has 18 heavy (non-hydrogen) atoms. The van der Waals surface area contributed by atoms with Crippen molar-refractivity contribution in [1.82, 2.24) is 0 Å². The Kier molecular flexibility index (Phi) is 4.82. The molecule has 0 saturated carbocycles. The van der Waals surface area contributed by atoms with Gasteiger partial charge in [0.15, 0.2) is 0 Å². The molecule has 2 rings (SSSR count). The van der Waals surface area contributed by atoms with Crippen LogP contribution in [-0.4, -0.2) is 34.1 Å². The summed E-state index contributed by atoms with van der Waals surface area (Å²) in [6.45, 7) is 4.13. The third-order valence-electron chi connectivity index (χ3n) is 2.73. The van der Waals surface area contributed by atoms with Crippen molar-refractivity contribution >= 4 is 52.7 Å². The molecule has 2 nitrogen and oxygen atoms in total. The molecule has 2 aromatic rings. The van der Waals surface area contributed by atoms with Gasteiger partial charge in [-0.1, -0.05) is 0 Å². The molecule has 0 radical (unpaired) electrons. The van der Waals surface area contributed by atoms with Crippen LogP contribution in [0, 0.1) is 13.8 Å². The maximum absolute atomic E-state index is 5.95. The van der Waals surface area contributed by atoms with Crippen molar-refractivity contribution in [3.63, 3.8) is 0 Å². The first-order valence-electron chi connectivity index (χ1n) is 5.63. The van der Waals surface area contributed by atoms with E-state index in [0.717, 1.165) is 11.4 Å². The van der Waals surface area contributed by atoms with Gasteiger partial charge in [0.05, 0.1) is 0 Å². The van der Waals surface area contributed by atoms with Crippen LogP contribution in [0.15, 0.2) is 36.4 Å². The summed E-state index contributed by atoms with van der Waals surface area (Å²) in [6.07, 6.45) is 0. The summed E-state index contributed by atoms with van der Waals surface area (Å²) in [6, 6.07) is 13.0. The molecule has 0 bridgehead atoms. The van der Waals surface area contributed by atoms with Gasteiger partial charge < -0.3 is 0 Å². The van der Waals surface area contributed by atoms with E-state index >= 15 is 0 Å². The quantitative estimate of drug-likeness (QED) is 0.517. The Morgan fingerprint density at radius 3 is 1.94 bits per heavy atom. The van der Waals surface area contributed by atoms with E-state index in [9.17, 15) is 0 Å². The monoisotopic (exact) mass is 472 g/mol. The molecule has 0 aliphatic heterocycles. The molecular weight excluding hydrogens is 451 g/mol. The second kappa shape index (κ2) is 6.18. The van der Waals surface area contributed by atoms with E-state index in [-0.39, 0.29) is 34.1 Å². The van der Waals surface area contributed by atoms with Gasteiger partial charge in [-0.2, -0.15) is 0 Å². The molecule has 0 fully saturated rings. The van der Waals surface area contributed by atoms with E-state index in [1.807, 2.05) is 6.07 Å². The van der Waals surface area contributed by atoms with Gasteiger partial charge in [0.1, 0.15) is 0 Å². The topological polar surface area (TPSA) is 52.0 Å². The van der Waals surface area contributed by atoms with Gasteiger partial charge in [0.25, 0.3) is 0 Å². The second-order valence-corrected chi connectivity index (χ2v) is 14.2. The fourth-order valence-corrected chi connectivity index (χ4v) is 11.5. The third-order valence-corrected chi connectivity index (χ3v) is 14.5. The number of nitrogen functional groups attached to an aromatic ring is 2. The SMILES string of the molecule is Cc1cc([Te][Te]c2ccc(C)c(N)c2)ccc1N. The molecule has 4 N–H and O–H groups in total. The Morgan fingerprint density at radius 1 is 0.722 bits per heavy atom. The zero-order valence-corrected chi connectivity index (χ0v) is 15.1. The van der Waals surface area contributed by atoms with Crippen LogP contribution in [0.2, 0.25) is 0 Å². The van der Waals surface area contributed by atoms with E-state index in [1.165, 1.54) is 18.3 Å². The molecule has 0 spiro atoms. The van der Waals surface area contributed by atoms with Gasteiger partial charge in [-0.3, -0.25) is 0 Å². The molecule has 0 aliphatic carbocycles. The fourth-order valence-electron chi connectivity index (χ4n) is 1.47. The molecule has 0 aromatic heterocycles. The Morgan fingerprint density at radius 2 is 1.33 bits per heavy atom. The van der Waals surface area contributed by atoms with Crippen LogP contribution in [-0.2, 0) is 0 Å². The van der Waals surface area contributed by atoms with Crippen molar-refractivity contribution in [1.29, 1.82) is 0 Å². The van der Waals surface area contributed by atoms with Crippen molar-refractivity contribution in [3.05, 3.63) is 47.5 Å². The fraction of sp³-hybridized carbons (Fsp3) is 0.143. The minimum atomic E-state index is -0.0827. The first kappa shape index (κ1) is 14.0. The van der Waals surface area contributed by atoms with Gasteiger partial charge in [-0.15, -0.1) is 0 Å². The van der Waals surface area contributed by atoms with Crippen molar-refractivity contribution in [2.75, 3.05) is 11.5 Å². The van der Waals surface area contributed by atoms with Crippen molar-refractivity contribution in [2.45, 2.75) is 13.8 Å². The number of hydrogen-bond acceptors (Lipinski definition) is 2. The summed E-state index contributed by atoms with van der Waals surface area (Å²) in [5, 5.41) is 0. The second-order valence-electron chi connectivity index (χ2n) is 4.20.